The molecule has 2 aromatic rings. The van der Waals surface area contributed by atoms with Crippen molar-refractivity contribution >= 4 is 11.7 Å². The van der Waals surface area contributed by atoms with Crippen LogP contribution in [0.25, 0.3) is 0 Å². The van der Waals surface area contributed by atoms with E-state index in [1.807, 2.05) is 30.3 Å². The van der Waals surface area contributed by atoms with Gasteiger partial charge in [0.15, 0.2) is 17.4 Å². The number of aliphatic hydroxyl groups excluding tert-OH is 1. The van der Waals surface area contributed by atoms with Crippen LogP contribution in [0, 0.1) is 11.6 Å². The summed E-state index contributed by atoms with van der Waals surface area (Å²) < 4.78 is 31.6. The Bertz CT molecular complexity index is 672. The fourth-order valence-corrected chi connectivity index (χ4v) is 2.17. The van der Waals surface area contributed by atoms with Gasteiger partial charge in [0, 0.05) is 30.8 Å². The third kappa shape index (κ3) is 4.92. The Balaban J connectivity index is 1.85. The van der Waals surface area contributed by atoms with Crippen molar-refractivity contribution in [1.29, 1.82) is 0 Å². The number of halogens is 2. The summed E-state index contributed by atoms with van der Waals surface area (Å²) in [5, 5.41) is 14.6. The molecule has 2 rings (SSSR count). The standard InChI is InChI=1S/C17H18F2N2O3/c1-24-16-14(18)8-12(9-15(16)19)21-17(23)20-10-13(22)7-11-5-3-2-4-6-11/h2-6,8-9,13,22H,7,10H2,1H3,(H2,20,21,23). The van der Waals surface area contributed by atoms with E-state index in [2.05, 4.69) is 15.4 Å². The van der Waals surface area contributed by atoms with Crippen molar-refractivity contribution in [1.82, 2.24) is 5.32 Å². The molecule has 2 aromatic carbocycles. The molecule has 24 heavy (non-hydrogen) atoms. The van der Waals surface area contributed by atoms with E-state index in [0.29, 0.717) is 6.42 Å². The first-order valence-corrected chi connectivity index (χ1v) is 7.29. The van der Waals surface area contributed by atoms with E-state index >= 15 is 0 Å². The zero-order chi connectivity index (χ0) is 17.5. The van der Waals surface area contributed by atoms with Crippen LogP contribution < -0.4 is 15.4 Å². The summed E-state index contributed by atoms with van der Waals surface area (Å²) in [5.41, 5.74) is 0.882. The molecule has 0 heterocycles. The number of anilines is 1. The minimum atomic E-state index is -0.920. The van der Waals surface area contributed by atoms with Crippen LogP contribution in [-0.4, -0.2) is 30.9 Å². The molecule has 0 saturated heterocycles. The van der Waals surface area contributed by atoms with Crippen LogP contribution in [0.1, 0.15) is 5.56 Å². The SMILES string of the molecule is COc1c(F)cc(NC(=O)NCC(O)Cc2ccccc2)cc1F. The second kappa shape index (κ2) is 8.26. The molecule has 0 aromatic heterocycles. The molecule has 0 aliphatic heterocycles. The van der Waals surface area contributed by atoms with E-state index < -0.39 is 29.5 Å². The molecule has 128 valence electrons. The molecule has 0 fully saturated rings. The van der Waals surface area contributed by atoms with E-state index in [-0.39, 0.29) is 12.2 Å². The number of methoxy groups -OCH3 is 1. The lowest BCUT2D eigenvalue weighted by Crippen LogP contribution is -2.36. The minimum absolute atomic E-state index is 0.00183. The quantitative estimate of drug-likeness (QED) is 0.760. The fraction of sp³-hybridized carbons (Fsp3) is 0.235. The van der Waals surface area contributed by atoms with E-state index in [0.717, 1.165) is 24.8 Å². The second-order valence-corrected chi connectivity index (χ2v) is 5.15. The molecule has 0 radical (unpaired) electrons. The molecule has 1 atom stereocenters. The highest BCUT2D eigenvalue weighted by molar-refractivity contribution is 5.89. The molecule has 2 amide bonds. The monoisotopic (exact) mass is 336 g/mol. The van der Waals surface area contributed by atoms with Crippen LogP contribution in [0.4, 0.5) is 19.3 Å². The highest BCUT2D eigenvalue weighted by Crippen LogP contribution is 2.25. The third-order valence-electron chi connectivity index (χ3n) is 3.27. The number of ether oxygens (including phenoxy) is 1. The number of aliphatic hydroxyl groups is 1. The summed E-state index contributed by atoms with van der Waals surface area (Å²) in [6.45, 7) is 0.00183. The van der Waals surface area contributed by atoms with Gasteiger partial charge < -0.3 is 20.5 Å². The average Bonchev–Trinajstić information content (AvgIpc) is 2.54. The molecule has 0 aliphatic carbocycles. The molecule has 1 unspecified atom stereocenters. The third-order valence-corrected chi connectivity index (χ3v) is 3.27. The fourth-order valence-electron chi connectivity index (χ4n) is 2.17. The molecule has 7 heteroatoms. The number of urea groups is 1. The van der Waals surface area contributed by atoms with Gasteiger partial charge in [-0.1, -0.05) is 30.3 Å². The maximum absolute atomic E-state index is 13.5. The molecule has 5 nitrogen and oxygen atoms in total. The first-order chi connectivity index (χ1) is 11.5. The van der Waals surface area contributed by atoms with E-state index in [1.54, 1.807) is 0 Å². The van der Waals surface area contributed by atoms with Gasteiger partial charge in [-0.15, -0.1) is 0 Å². The summed E-state index contributed by atoms with van der Waals surface area (Å²) in [7, 11) is 1.15. The van der Waals surface area contributed by atoms with Gasteiger partial charge in [0.25, 0.3) is 0 Å². The maximum Gasteiger partial charge on any atom is 0.319 e. The molecule has 3 N–H and O–H groups in total. The maximum atomic E-state index is 13.5. The Morgan fingerprint density at radius 3 is 2.42 bits per heavy atom. The van der Waals surface area contributed by atoms with Gasteiger partial charge >= 0.3 is 6.03 Å². The Kier molecular flexibility index (Phi) is 6.08. The van der Waals surface area contributed by atoms with Gasteiger partial charge in [-0.2, -0.15) is 0 Å². The molecule has 0 bridgehead atoms. The summed E-state index contributed by atoms with van der Waals surface area (Å²) in [4.78, 5) is 11.7. The molecule has 0 aliphatic rings. The van der Waals surface area contributed by atoms with Crippen molar-refractivity contribution in [2.45, 2.75) is 12.5 Å². The number of carbonyl (C=O) groups excluding carboxylic acids is 1. The Morgan fingerprint density at radius 2 is 1.83 bits per heavy atom. The van der Waals surface area contributed by atoms with Crippen molar-refractivity contribution in [3.05, 3.63) is 59.7 Å². The van der Waals surface area contributed by atoms with E-state index in [1.165, 1.54) is 0 Å². The predicted molar refractivity (Wildman–Crippen MR) is 86.1 cm³/mol. The smallest absolute Gasteiger partial charge is 0.319 e. The lowest BCUT2D eigenvalue weighted by molar-refractivity contribution is 0.172. The van der Waals surface area contributed by atoms with Crippen LogP contribution in [-0.2, 0) is 6.42 Å². The summed E-state index contributed by atoms with van der Waals surface area (Å²) in [6, 6.07) is 10.5. The summed E-state index contributed by atoms with van der Waals surface area (Å²) >= 11 is 0. The Morgan fingerprint density at radius 1 is 1.21 bits per heavy atom. The number of hydrogen-bond acceptors (Lipinski definition) is 3. The van der Waals surface area contributed by atoms with Crippen molar-refractivity contribution < 1.29 is 23.4 Å². The first-order valence-electron chi connectivity index (χ1n) is 7.29. The van der Waals surface area contributed by atoms with Crippen molar-refractivity contribution in [2.24, 2.45) is 0 Å². The van der Waals surface area contributed by atoms with Gasteiger partial charge in [-0.3, -0.25) is 0 Å². The Labute approximate surface area is 138 Å². The van der Waals surface area contributed by atoms with Crippen LogP contribution in [0.2, 0.25) is 0 Å². The zero-order valence-electron chi connectivity index (χ0n) is 13.1. The Hall–Kier alpha value is -2.67. The van der Waals surface area contributed by atoms with Crippen molar-refractivity contribution in [3.63, 3.8) is 0 Å². The number of nitrogens with one attached hydrogen (secondary N) is 2. The second-order valence-electron chi connectivity index (χ2n) is 5.15. The van der Waals surface area contributed by atoms with Crippen LogP contribution in [0.3, 0.4) is 0 Å². The lowest BCUT2D eigenvalue weighted by Gasteiger charge is -2.13. The van der Waals surface area contributed by atoms with Gasteiger partial charge in [0.05, 0.1) is 13.2 Å². The van der Waals surface area contributed by atoms with Gasteiger partial charge in [0.1, 0.15) is 0 Å². The highest BCUT2D eigenvalue weighted by atomic mass is 19.1. The number of amides is 2. The minimum Gasteiger partial charge on any atom is -0.491 e. The van der Waals surface area contributed by atoms with Crippen LogP contribution in [0.5, 0.6) is 5.75 Å². The zero-order valence-corrected chi connectivity index (χ0v) is 13.1. The van der Waals surface area contributed by atoms with E-state index in [4.69, 9.17) is 0 Å². The molecular formula is C17H18F2N2O3. The number of rotatable bonds is 6. The number of carbonyl (C=O) groups is 1. The predicted octanol–water partition coefficient (Wildman–Crippen LogP) is 2.70. The lowest BCUT2D eigenvalue weighted by atomic mass is 10.1. The van der Waals surface area contributed by atoms with Gasteiger partial charge in [0.2, 0.25) is 0 Å². The number of hydrogen-bond donors (Lipinski definition) is 3. The summed E-state index contributed by atoms with van der Waals surface area (Å²) in [6.07, 6.45) is -0.394. The topological polar surface area (TPSA) is 70.6 Å². The molecule has 0 saturated carbocycles. The number of benzene rings is 2. The van der Waals surface area contributed by atoms with Crippen molar-refractivity contribution in [2.75, 3.05) is 19.0 Å². The molecule has 0 spiro atoms. The van der Waals surface area contributed by atoms with Gasteiger partial charge in [-0.05, 0) is 5.56 Å². The molecular weight excluding hydrogens is 318 g/mol. The average molecular weight is 336 g/mol. The van der Waals surface area contributed by atoms with Gasteiger partial charge in [-0.25, -0.2) is 13.6 Å². The van der Waals surface area contributed by atoms with E-state index in [9.17, 15) is 18.7 Å². The largest absolute Gasteiger partial charge is 0.491 e. The summed E-state index contributed by atoms with van der Waals surface area (Å²) in [5.74, 6) is -2.35. The van der Waals surface area contributed by atoms with Crippen LogP contribution >= 0.6 is 0 Å². The van der Waals surface area contributed by atoms with Crippen molar-refractivity contribution in [3.8, 4) is 5.75 Å². The highest BCUT2D eigenvalue weighted by Gasteiger charge is 2.13. The normalized spacial score (nSPS) is 11.7. The van der Waals surface area contributed by atoms with Crippen LogP contribution in [0.15, 0.2) is 42.5 Å². The first kappa shape index (κ1) is 17.7.